The van der Waals surface area contributed by atoms with Crippen LogP contribution in [0.4, 0.5) is 0 Å². The molecule has 1 aromatic heterocycles. The van der Waals surface area contributed by atoms with E-state index in [9.17, 15) is 10.00 Å². The highest BCUT2D eigenvalue weighted by molar-refractivity contribution is 7.85. The van der Waals surface area contributed by atoms with Gasteiger partial charge in [-0.2, -0.15) is 9.05 Å². The number of aliphatic hydroxyl groups excluding tert-OH is 1. The lowest BCUT2D eigenvalue weighted by molar-refractivity contribution is -0.0602. The zero-order chi connectivity index (χ0) is 16.4. The minimum atomic E-state index is -3.37. The number of benzene rings is 1. The average Bonchev–Trinajstić information content (AvgIpc) is 3.01. The molecule has 120 valence electrons. The summed E-state index contributed by atoms with van der Waals surface area (Å²) in [4.78, 5) is 14.1. The highest BCUT2D eigenvalue weighted by atomic mass is 31.2. The van der Waals surface area contributed by atoms with Crippen molar-refractivity contribution < 1.29 is 23.8 Å². The lowest BCUT2D eigenvalue weighted by Gasteiger charge is -2.27. The van der Waals surface area contributed by atoms with Crippen molar-refractivity contribution in [2.45, 2.75) is 38.4 Å². The second-order valence-corrected chi connectivity index (χ2v) is 7.66. The molecule has 3 heterocycles. The van der Waals surface area contributed by atoms with Crippen molar-refractivity contribution in [1.82, 2.24) is 9.55 Å². The Morgan fingerprint density at radius 1 is 1.35 bits per heavy atom. The van der Waals surface area contributed by atoms with Crippen LogP contribution >= 0.6 is 7.82 Å². The van der Waals surface area contributed by atoms with Crippen molar-refractivity contribution in [1.29, 1.82) is 0 Å². The highest BCUT2D eigenvalue weighted by Gasteiger charge is 2.56. The molecule has 0 aliphatic carbocycles. The van der Waals surface area contributed by atoms with Crippen molar-refractivity contribution in [3.8, 4) is 0 Å². The Morgan fingerprint density at radius 2 is 2.09 bits per heavy atom. The molecule has 9 heteroatoms. The third kappa shape index (κ3) is 2.50. The molecule has 2 saturated heterocycles. The highest BCUT2D eigenvalue weighted by Crippen LogP contribution is 2.58. The van der Waals surface area contributed by atoms with E-state index in [-0.39, 0.29) is 6.61 Å². The van der Waals surface area contributed by atoms with E-state index in [2.05, 4.69) is 4.98 Å². The third-order valence-corrected chi connectivity index (χ3v) is 5.53. The average molecular weight is 335 g/mol. The van der Waals surface area contributed by atoms with Gasteiger partial charge in [-0.3, -0.25) is 0 Å². The molecule has 2 aliphatic rings. The summed E-state index contributed by atoms with van der Waals surface area (Å²) in [6.07, 6.45) is -1.21. The maximum Gasteiger partial charge on any atom is 0.488 e. The van der Waals surface area contributed by atoms with Crippen LogP contribution in [0.25, 0.3) is 11.0 Å². The van der Waals surface area contributed by atoms with Crippen LogP contribution < -0.4 is 0 Å². The molecule has 2 unspecified atom stereocenters. The zero-order valence-corrected chi connectivity index (χ0v) is 13.7. The Hall–Kier alpha value is -1.02. The van der Waals surface area contributed by atoms with Crippen LogP contribution in [-0.2, 0) is 13.8 Å². The quantitative estimate of drug-likeness (QED) is 0.601. The number of aliphatic hydroxyl groups is 1. The molecular weight excluding hydrogens is 318 g/mol. The minimum Gasteiger partial charge on any atom is -0.385 e. The first kappa shape index (κ1) is 15.5. The summed E-state index contributed by atoms with van der Waals surface area (Å²) in [6, 6.07) is 4.01. The standard InChI is InChI=1S/C14H17BN2O5P/c1-7-3-9-10(4-8(7)2)17(6-16-9)14-12(18)13-11(21-14)5-20-23(15,19)22-13/h3-4,6,11-14,18-19H,5H2,1-2H3/q+1/t11-,12?,13+,14-,23?/m1/s1. The van der Waals surface area contributed by atoms with Crippen LogP contribution in [0, 0.1) is 13.8 Å². The summed E-state index contributed by atoms with van der Waals surface area (Å²) in [6.45, 7) is 4.14. The molecular formula is C14H17BN2O5P+. The zero-order valence-electron chi connectivity index (χ0n) is 12.8. The number of imidazole rings is 1. The van der Waals surface area contributed by atoms with Crippen molar-refractivity contribution in [2.24, 2.45) is 0 Å². The first-order valence-electron chi connectivity index (χ1n) is 7.36. The summed E-state index contributed by atoms with van der Waals surface area (Å²) in [5.74, 6) is 0. The van der Waals surface area contributed by atoms with Gasteiger partial charge in [0.15, 0.2) is 12.3 Å². The van der Waals surface area contributed by atoms with Crippen LogP contribution in [0.15, 0.2) is 18.5 Å². The molecule has 0 saturated carbocycles. The van der Waals surface area contributed by atoms with Gasteiger partial charge in [0.05, 0.1) is 17.4 Å². The second-order valence-electron chi connectivity index (χ2n) is 6.06. The van der Waals surface area contributed by atoms with E-state index in [1.54, 1.807) is 10.9 Å². The van der Waals surface area contributed by atoms with E-state index < -0.39 is 32.4 Å². The lowest BCUT2D eigenvalue weighted by Crippen LogP contribution is -2.40. The smallest absolute Gasteiger partial charge is 0.385 e. The molecule has 5 atom stereocenters. The van der Waals surface area contributed by atoms with Gasteiger partial charge in [-0.25, -0.2) is 9.88 Å². The molecule has 4 rings (SSSR count). The van der Waals surface area contributed by atoms with Gasteiger partial charge >= 0.3 is 15.4 Å². The Morgan fingerprint density at radius 3 is 2.87 bits per heavy atom. The van der Waals surface area contributed by atoms with Crippen LogP contribution in [0.5, 0.6) is 0 Å². The molecule has 1 aromatic carbocycles. The number of ether oxygens (including phenoxy) is 1. The van der Waals surface area contributed by atoms with Gasteiger partial charge in [0.1, 0.15) is 18.8 Å². The second kappa shape index (κ2) is 5.24. The number of nitrogens with zero attached hydrogens (tertiary/aromatic N) is 2. The predicted molar refractivity (Wildman–Crippen MR) is 84.8 cm³/mol. The predicted octanol–water partition coefficient (Wildman–Crippen LogP) is 1.17. The van der Waals surface area contributed by atoms with Gasteiger partial charge in [-0.05, 0) is 37.1 Å². The first-order chi connectivity index (χ1) is 10.9. The summed E-state index contributed by atoms with van der Waals surface area (Å²) in [5, 5.41) is 10.6. The number of fused-ring (bicyclic) bond motifs is 2. The van der Waals surface area contributed by atoms with Crippen molar-refractivity contribution >= 4 is 26.4 Å². The van der Waals surface area contributed by atoms with Crippen molar-refractivity contribution in [3.05, 3.63) is 29.6 Å². The largest absolute Gasteiger partial charge is 0.488 e. The molecule has 2 N–H and O–H groups in total. The van der Waals surface area contributed by atoms with E-state index >= 15 is 0 Å². The molecule has 0 amide bonds. The minimum absolute atomic E-state index is 0.0871. The summed E-state index contributed by atoms with van der Waals surface area (Å²) >= 11 is 0. The van der Waals surface area contributed by atoms with Crippen LogP contribution in [0.3, 0.4) is 0 Å². The Labute approximate surface area is 135 Å². The number of hydrogen-bond acceptors (Lipinski definition) is 6. The van der Waals surface area contributed by atoms with Gasteiger partial charge in [0, 0.05) is 0 Å². The molecule has 7 nitrogen and oxygen atoms in total. The monoisotopic (exact) mass is 335 g/mol. The molecule has 23 heavy (non-hydrogen) atoms. The van der Waals surface area contributed by atoms with E-state index in [1.807, 2.05) is 26.0 Å². The van der Waals surface area contributed by atoms with E-state index in [4.69, 9.17) is 21.4 Å². The summed E-state index contributed by atoms with van der Waals surface area (Å²) < 4.78 is 18.0. The lowest BCUT2D eigenvalue weighted by atomic mass is 10.1. The third-order valence-electron chi connectivity index (χ3n) is 4.47. The number of hydrogen-bond donors (Lipinski definition) is 2. The van der Waals surface area contributed by atoms with Gasteiger partial charge in [0.25, 0.3) is 0 Å². The maximum absolute atomic E-state index is 10.6. The molecule has 2 fully saturated rings. The van der Waals surface area contributed by atoms with Crippen LogP contribution in [-0.4, -0.2) is 52.0 Å². The Kier molecular flexibility index (Phi) is 3.53. The van der Waals surface area contributed by atoms with Crippen LogP contribution in [0.1, 0.15) is 17.4 Å². The van der Waals surface area contributed by atoms with E-state index in [0.717, 1.165) is 22.2 Å². The molecule has 0 spiro atoms. The van der Waals surface area contributed by atoms with Gasteiger partial charge in [0.2, 0.25) is 0 Å². The normalized spacial score (nSPS) is 37.2. The Balaban J connectivity index is 1.70. The fraction of sp³-hybridized carbons (Fsp3) is 0.500. The Bertz CT molecular complexity index is 767. The van der Waals surface area contributed by atoms with Gasteiger partial charge < -0.3 is 14.4 Å². The first-order valence-corrected chi connectivity index (χ1v) is 9.01. The fourth-order valence-corrected chi connectivity index (χ4v) is 4.11. The number of aromatic nitrogens is 2. The molecule has 0 bridgehead atoms. The summed E-state index contributed by atoms with van der Waals surface area (Å²) in [7, 11) is 2.15. The molecule has 2 aromatic rings. The number of rotatable bonds is 1. The van der Waals surface area contributed by atoms with Gasteiger partial charge in [-0.1, -0.05) is 0 Å². The fourth-order valence-electron chi connectivity index (χ4n) is 3.08. The molecule has 2 aliphatic heterocycles. The molecule has 2 radical (unpaired) electrons. The van der Waals surface area contributed by atoms with Crippen molar-refractivity contribution in [2.75, 3.05) is 6.61 Å². The summed E-state index contributed by atoms with van der Waals surface area (Å²) in [5.41, 5.74) is 3.98. The van der Waals surface area contributed by atoms with E-state index in [1.165, 1.54) is 0 Å². The maximum atomic E-state index is 10.6. The number of aryl methyl sites for hydroxylation is 2. The van der Waals surface area contributed by atoms with E-state index in [0.29, 0.717) is 0 Å². The topological polar surface area (TPSA) is 86.0 Å². The van der Waals surface area contributed by atoms with Crippen molar-refractivity contribution in [3.63, 3.8) is 0 Å². The SMILES string of the molecule is [B][P+]1(O)OC[C@H]2O[C@@H](n3cnc4cc(C)c(C)cc43)C(O)[C@H]2O1. The van der Waals surface area contributed by atoms with Gasteiger partial charge in [-0.15, -0.1) is 0 Å². The van der Waals surface area contributed by atoms with Crippen LogP contribution in [0.2, 0.25) is 0 Å².